The number of fused-ring (bicyclic) bond motifs is 3. The lowest BCUT2D eigenvalue weighted by Crippen LogP contribution is -2.59. The van der Waals surface area contributed by atoms with Crippen molar-refractivity contribution in [3.8, 4) is 5.75 Å². The number of hydrogen-bond donors (Lipinski definition) is 0. The van der Waals surface area contributed by atoms with Crippen molar-refractivity contribution < 1.29 is 22.6 Å². The molecule has 6 rings (SSSR count). The normalized spacial score (nSPS) is 22.7. The number of benzene rings is 1. The fourth-order valence-electron chi connectivity index (χ4n) is 6.85. The van der Waals surface area contributed by atoms with Crippen LogP contribution in [0.15, 0.2) is 30.6 Å². The maximum atomic E-state index is 12.8. The van der Waals surface area contributed by atoms with E-state index in [4.69, 9.17) is 14.7 Å². The summed E-state index contributed by atoms with van der Waals surface area (Å²) in [6.45, 7) is 13.7. The smallest absolute Gasteiger partial charge is 0.406 e. The van der Waals surface area contributed by atoms with Crippen LogP contribution in [0.4, 0.5) is 19.0 Å². The average molecular weight is 601 g/mol. The molecular formula is C30H39F3N8O2. The van der Waals surface area contributed by atoms with Gasteiger partial charge in [-0.15, -0.1) is 23.4 Å². The number of ether oxygens (including phenoxy) is 2. The van der Waals surface area contributed by atoms with Gasteiger partial charge in [-0.25, -0.2) is 9.38 Å². The minimum atomic E-state index is -4.72. The molecule has 0 N–H and O–H groups in total. The van der Waals surface area contributed by atoms with Crippen LogP contribution in [0.3, 0.4) is 0 Å². The van der Waals surface area contributed by atoms with E-state index in [0.717, 1.165) is 67.3 Å². The Hall–Kier alpha value is -3.45. The van der Waals surface area contributed by atoms with E-state index in [0.29, 0.717) is 12.3 Å². The Bertz CT molecular complexity index is 1560. The molecule has 10 nitrogen and oxygen atoms in total. The number of piperazine rings is 1. The summed E-state index contributed by atoms with van der Waals surface area (Å²) >= 11 is 0. The zero-order chi connectivity index (χ0) is 30.5. The molecule has 2 saturated heterocycles. The first-order valence-electron chi connectivity index (χ1n) is 15.1. The molecule has 232 valence electrons. The molecule has 13 heteroatoms. The van der Waals surface area contributed by atoms with Crippen molar-refractivity contribution in [3.05, 3.63) is 42.0 Å². The minimum absolute atomic E-state index is 0.0225. The molecule has 5 heterocycles. The summed E-state index contributed by atoms with van der Waals surface area (Å²) in [5.41, 5.74) is 2.71. The van der Waals surface area contributed by atoms with E-state index in [9.17, 15) is 13.2 Å². The molecule has 43 heavy (non-hydrogen) atoms. The van der Waals surface area contributed by atoms with Gasteiger partial charge in [0.15, 0.2) is 11.5 Å². The van der Waals surface area contributed by atoms with Crippen molar-refractivity contribution in [2.75, 3.05) is 24.6 Å². The molecule has 0 spiro atoms. The number of nitrogens with zero attached hydrogens (tertiary/aromatic N) is 8. The second-order valence-corrected chi connectivity index (χ2v) is 12.1. The van der Waals surface area contributed by atoms with Gasteiger partial charge in [-0.05, 0) is 56.7 Å². The largest absolute Gasteiger partial charge is 0.573 e. The summed E-state index contributed by atoms with van der Waals surface area (Å²) < 4.78 is 52.5. The standard InChI is InChI=1S/C30H39F3N8O2/c1-6-22-15-38(19(4)14-40(22)26(18(2)3)21-9-11-23(12-10-21)43-30(31,32)33)27-25-28(41-17-34-37-29(41)36-27)39(20(5)35-25)16-24-8-7-13-42-24/h9-12,17-19,22,24,26H,6-8,13-16H2,1-5H3/t19-,22+,24?,26+/m0/s1. The molecule has 2 aliphatic heterocycles. The minimum Gasteiger partial charge on any atom is -0.406 e. The molecule has 2 fully saturated rings. The second kappa shape index (κ2) is 11.6. The van der Waals surface area contributed by atoms with Gasteiger partial charge in [0.05, 0.1) is 12.6 Å². The lowest BCUT2D eigenvalue weighted by Gasteiger charge is -2.50. The van der Waals surface area contributed by atoms with E-state index in [-0.39, 0.29) is 35.9 Å². The number of aryl methyl sites for hydroxylation is 1. The Balaban J connectivity index is 1.33. The summed E-state index contributed by atoms with van der Waals surface area (Å²) in [6.07, 6.45) is 0.1000. The van der Waals surface area contributed by atoms with Gasteiger partial charge in [0.2, 0.25) is 0 Å². The monoisotopic (exact) mass is 600 g/mol. The van der Waals surface area contributed by atoms with Crippen LogP contribution in [0.25, 0.3) is 16.9 Å². The highest BCUT2D eigenvalue weighted by Gasteiger charge is 2.39. The van der Waals surface area contributed by atoms with Gasteiger partial charge in [-0.3, -0.25) is 4.90 Å². The quantitative estimate of drug-likeness (QED) is 0.261. The molecule has 0 saturated carbocycles. The number of alkyl halides is 3. The maximum Gasteiger partial charge on any atom is 0.573 e. The molecule has 0 bridgehead atoms. The lowest BCUT2D eigenvalue weighted by molar-refractivity contribution is -0.274. The Morgan fingerprint density at radius 1 is 1.12 bits per heavy atom. The first-order valence-corrected chi connectivity index (χ1v) is 15.1. The first kappa shape index (κ1) is 29.6. The predicted molar refractivity (Wildman–Crippen MR) is 156 cm³/mol. The molecule has 3 aromatic heterocycles. The number of aromatic nitrogens is 6. The van der Waals surface area contributed by atoms with Crippen molar-refractivity contribution in [3.63, 3.8) is 0 Å². The highest BCUT2D eigenvalue weighted by Crippen LogP contribution is 2.38. The summed E-state index contributed by atoms with van der Waals surface area (Å²) in [4.78, 5) is 14.8. The van der Waals surface area contributed by atoms with Crippen LogP contribution in [0, 0.1) is 12.8 Å². The molecule has 0 radical (unpaired) electrons. The zero-order valence-corrected chi connectivity index (χ0v) is 25.3. The van der Waals surface area contributed by atoms with Gasteiger partial charge in [0, 0.05) is 37.8 Å². The third-order valence-electron chi connectivity index (χ3n) is 8.79. The third-order valence-corrected chi connectivity index (χ3v) is 8.79. The molecule has 4 aromatic rings. The molecule has 0 amide bonds. The highest BCUT2D eigenvalue weighted by molar-refractivity contribution is 5.87. The SMILES string of the molecule is CC[C@@H]1CN(c2nc3nncn3c3c2nc(C)n3CC2CCCO2)[C@@H](C)CN1[C@@H](c1ccc(OC(F)(F)F)cc1)C(C)C. The van der Waals surface area contributed by atoms with E-state index in [1.807, 2.05) is 11.3 Å². The molecule has 0 aliphatic carbocycles. The van der Waals surface area contributed by atoms with E-state index in [2.05, 4.69) is 57.0 Å². The second-order valence-electron chi connectivity index (χ2n) is 12.1. The van der Waals surface area contributed by atoms with Gasteiger partial charge in [-0.1, -0.05) is 32.9 Å². The van der Waals surface area contributed by atoms with Gasteiger partial charge in [-0.2, -0.15) is 4.98 Å². The highest BCUT2D eigenvalue weighted by atomic mass is 19.4. The van der Waals surface area contributed by atoms with Gasteiger partial charge in [0.1, 0.15) is 23.4 Å². The summed E-state index contributed by atoms with van der Waals surface area (Å²) in [7, 11) is 0. The van der Waals surface area contributed by atoms with Crippen molar-refractivity contribution in [2.24, 2.45) is 5.92 Å². The third kappa shape index (κ3) is 5.76. The fourth-order valence-corrected chi connectivity index (χ4v) is 6.85. The van der Waals surface area contributed by atoms with Gasteiger partial charge < -0.3 is 18.9 Å². The maximum absolute atomic E-state index is 12.8. The molecule has 4 atom stereocenters. The van der Waals surface area contributed by atoms with Crippen molar-refractivity contribution in [2.45, 2.75) is 91.0 Å². The topological polar surface area (TPSA) is 85.8 Å². The summed E-state index contributed by atoms with van der Waals surface area (Å²) in [5, 5.41) is 8.48. The number of hydrogen-bond acceptors (Lipinski definition) is 8. The van der Waals surface area contributed by atoms with Crippen LogP contribution in [-0.2, 0) is 11.3 Å². The Labute approximate surface area is 248 Å². The molecule has 1 aromatic carbocycles. The number of anilines is 1. The number of rotatable bonds is 8. The Morgan fingerprint density at radius 2 is 1.88 bits per heavy atom. The van der Waals surface area contributed by atoms with E-state index in [1.54, 1.807) is 18.5 Å². The van der Waals surface area contributed by atoms with Crippen LogP contribution in [-0.4, -0.2) is 78.3 Å². The molecule has 2 aliphatic rings. The predicted octanol–water partition coefficient (Wildman–Crippen LogP) is 5.55. The first-order chi connectivity index (χ1) is 20.5. The van der Waals surface area contributed by atoms with Crippen LogP contribution in [0.1, 0.15) is 64.4 Å². The summed E-state index contributed by atoms with van der Waals surface area (Å²) in [6, 6.07) is 6.60. The molecular weight excluding hydrogens is 561 g/mol. The number of imidazole rings is 1. The average Bonchev–Trinajstić information content (AvgIpc) is 3.70. The van der Waals surface area contributed by atoms with Crippen LogP contribution in [0.2, 0.25) is 0 Å². The Morgan fingerprint density at radius 3 is 2.53 bits per heavy atom. The van der Waals surface area contributed by atoms with Crippen LogP contribution >= 0.6 is 0 Å². The number of halogens is 3. The lowest BCUT2D eigenvalue weighted by atomic mass is 9.90. The van der Waals surface area contributed by atoms with Gasteiger partial charge >= 0.3 is 6.36 Å². The van der Waals surface area contributed by atoms with Crippen molar-refractivity contribution >= 4 is 22.8 Å². The fraction of sp³-hybridized carbons (Fsp3) is 0.600. The van der Waals surface area contributed by atoms with E-state index in [1.165, 1.54) is 12.1 Å². The Kier molecular flexibility index (Phi) is 7.97. The molecule has 1 unspecified atom stereocenters. The van der Waals surface area contributed by atoms with Crippen molar-refractivity contribution in [1.82, 2.24) is 34.0 Å². The van der Waals surface area contributed by atoms with E-state index < -0.39 is 6.36 Å². The van der Waals surface area contributed by atoms with E-state index >= 15 is 0 Å². The summed E-state index contributed by atoms with van der Waals surface area (Å²) in [5.74, 6) is 2.24. The van der Waals surface area contributed by atoms with Crippen LogP contribution in [0.5, 0.6) is 5.75 Å². The van der Waals surface area contributed by atoms with Crippen LogP contribution < -0.4 is 9.64 Å². The van der Waals surface area contributed by atoms with Crippen molar-refractivity contribution in [1.29, 1.82) is 0 Å². The zero-order valence-electron chi connectivity index (χ0n) is 25.3. The van der Waals surface area contributed by atoms with Gasteiger partial charge in [0.25, 0.3) is 5.78 Å².